The van der Waals surface area contributed by atoms with E-state index in [2.05, 4.69) is 30.8 Å². The molecule has 37 heavy (non-hydrogen) atoms. The predicted octanol–water partition coefficient (Wildman–Crippen LogP) is 4.76. The number of benzene rings is 1. The van der Waals surface area contributed by atoms with Crippen LogP contribution in [-0.2, 0) is 9.47 Å². The van der Waals surface area contributed by atoms with Gasteiger partial charge in [-0.15, -0.1) is 0 Å². The van der Waals surface area contributed by atoms with Crippen LogP contribution in [0.4, 0.5) is 9.59 Å². The van der Waals surface area contributed by atoms with E-state index in [1.165, 1.54) is 25.0 Å². The summed E-state index contributed by atoms with van der Waals surface area (Å²) in [4.78, 5) is 34.6. The van der Waals surface area contributed by atoms with Gasteiger partial charge in [-0.3, -0.25) is 0 Å². The topological polar surface area (TPSA) is 139 Å². The lowest BCUT2D eigenvalue weighted by Crippen LogP contribution is -2.40. The van der Waals surface area contributed by atoms with E-state index in [0.29, 0.717) is 28.1 Å². The molecule has 0 aliphatic heterocycles. The van der Waals surface area contributed by atoms with Gasteiger partial charge in [-0.1, -0.05) is 27.2 Å². The first-order valence-corrected chi connectivity index (χ1v) is 12.9. The van der Waals surface area contributed by atoms with Gasteiger partial charge >= 0.3 is 17.8 Å². The Balaban J connectivity index is 1.47. The first-order valence-electron chi connectivity index (χ1n) is 12.9. The van der Waals surface area contributed by atoms with Crippen molar-refractivity contribution in [1.29, 1.82) is 0 Å². The van der Waals surface area contributed by atoms with Crippen molar-refractivity contribution in [2.75, 3.05) is 26.4 Å². The molecule has 10 nitrogen and oxygen atoms in total. The molecule has 2 amide bonds. The van der Waals surface area contributed by atoms with Gasteiger partial charge in [0.25, 0.3) is 0 Å². The summed E-state index contributed by atoms with van der Waals surface area (Å²) >= 11 is 0. The van der Waals surface area contributed by atoms with Crippen LogP contribution < -0.4 is 26.1 Å². The molecular weight excluding hydrogens is 480 g/mol. The normalized spacial score (nSPS) is 17.7. The van der Waals surface area contributed by atoms with Crippen molar-refractivity contribution in [1.82, 2.24) is 5.32 Å². The highest BCUT2D eigenvalue weighted by molar-refractivity contribution is 5.80. The van der Waals surface area contributed by atoms with E-state index in [4.69, 9.17) is 24.4 Å². The van der Waals surface area contributed by atoms with Crippen molar-refractivity contribution in [3.05, 3.63) is 34.7 Å². The number of nitrogens with two attached hydrogens (primary N) is 1. The van der Waals surface area contributed by atoms with Crippen LogP contribution in [0.1, 0.15) is 59.3 Å². The molecule has 0 radical (unpaired) electrons. The number of hydrogen-bond acceptors (Lipinski definition) is 8. The zero-order chi connectivity index (χ0) is 26.8. The molecule has 1 aromatic heterocycles. The SMILES string of the molecule is CCCC(C)(C)C1CCC(NC(=O)OCCOc2cc3ccc(=O)oc3cc2OCCOC(N)=O)CC1. The maximum Gasteiger partial charge on any atom is 0.407 e. The van der Waals surface area contributed by atoms with Crippen LogP contribution in [0.15, 0.2) is 33.5 Å². The van der Waals surface area contributed by atoms with Gasteiger partial charge < -0.3 is 34.4 Å². The monoisotopic (exact) mass is 518 g/mol. The molecule has 1 aliphatic rings. The largest absolute Gasteiger partial charge is 0.486 e. The number of nitrogens with one attached hydrogen (secondary N) is 1. The van der Waals surface area contributed by atoms with Crippen molar-refractivity contribution in [3.63, 3.8) is 0 Å². The van der Waals surface area contributed by atoms with E-state index in [9.17, 15) is 14.4 Å². The smallest absolute Gasteiger partial charge is 0.407 e. The summed E-state index contributed by atoms with van der Waals surface area (Å²) < 4.78 is 26.6. The third-order valence-corrected chi connectivity index (χ3v) is 6.89. The Bertz CT molecular complexity index is 1110. The van der Waals surface area contributed by atoms with Gasteiger partial charge in [-0.25, -0.2) is 14.4 Å². The summed E-state index contributed by atoms with van der Waals surface area (Å²) in [5.41, 5.74) is 5.11. The number of alkyl carbamates (subject to hydrolysis) is 1. The molecule has 0 bridgehead atoms. The second-order valence-corrected chi connectivity index (χ2v) is 10.0. The number of fused-ring (bicyclic) bond motifs is 1. The third kappa shape index (κ3) is 8.58. The van der Waals surface area contributed by atoms with Gasteiger partial charge in [0.1, 0.15) is 32.0 Å². The van der Waals surface area contributed by atoms with Crippen LogP contribution in [0, 0.1) is 11.3 Å². The van der Waals surface area contributed by atoms with Crippen molar-refractivity contribution >= 4 is 23.2 Å². The van der Waals surface area contributed by atoms with Crippen LogP contribution in [0.3, 0.4) is 0 Å². The van der Waals surface area contributed by atoms with Crippen molar-refractivity contribution in [2.45, 2.75) is 65.3 Å². The number of primary amides is 1. The Morgan fingerprint density at radius 3 is 2.30 bits per heavy atom. The van der Waals surface area contributed by atoms with Crippen LogP contribution in [-0.4, -0.2) is 44.7 Å². The minimum atomic E-state index is -0.909. The van der Waals surface area contributed by atoms with Gasteiger partial charge in [0, 0.05) is 23.6 Å². The summed E-state index contributed by atoms with van der Waals surface area (Å²) in [5.74, 6) is 1.32. The standard InChI is InChI=1S/C27H38N2O8/c1-4-11-27(2,3)19-6-8-20(9-7-19)29-26(32)36-15-13-33-22-16-18-5-10-24(30)37-21(18)17-23(22)34-12-14-35-25(28)31/h5,10,16-17,19-20H,4,6-9,11-15H2,1-3H3,(H2,28,31)(H,29,32). The van der Waals surface area contributed by atoms with E-state index in [1.807, 2.05) is 0 Å². The molecule has 10 heteroatoms. The predicted molar refractivity (Wildman–Crippen MR) is 138 cm³/mol. The van der Waals surface area contributed by atoms with E-state index < -0.39 is 17.8 Å². The first-order chi connectivity index (χ1) is 17.7. The summed E-state index contributed by atoms with van der Waals surface area (Å²) in [5, 5.41) is 3.60. The second-order valence-electron chi connectivity index (χ2n) is 10.0. The van der Waals surface area contributed by atoms with E-state index >= 15 is 0 Å². The third-order valence-electron chi connectivity index (χ3n) is 6.89. The Morgan fingerprint density at radius 2 is 1.65 bits per heavy atom. The van der Waals surface area contributed by atoms with Crippen LogP contribution in [0.5, 0.6) is 11.5 Å². The lowest BCUT2D eigenvalue weighted by molar-refractivity contribution is 0.105. The highest BCUT2D eigenvalue weighted by atomic mass is 16.6. The molecule has 1 aliphatic carbocycles. The molecular formula is C27H38N2O8. The van der Waals surface area contributed by atoms with Crippen molar-refractivity contribution in [2.24, 2.45) is 17.1 Å². The Kier molecular flexibility index (Phi) is 10.0. The van der Waals surface area contributed by atoms with Crippen LogP contribution >= 0.6 is 0 Å². The molecule has 1 aromatic carbocycles. The van der Waals surface area contributed by atoms with Crippen LogP contribution in [0.2, 0.25) is 0 Å². The van der Waals surface area contributed by atoms with Gasteiger partial charge in [-0.05, 0) is 55.6 Å². The van der Waals surface area contributed by atoms with Gasteiger partial charge in [0.2, 0.25) is 0 Å². The van der Waals surface area contributed by atoms with Crippen molar-refractivity contribution in [3.8, 4) is 11.5 Å². The zero-order valence-corrected chi connectivity index (χ0v) is 21.9. The van der Waals surface area contributed by atoms with Crippen LogP contribution in [0.25, 0.3) is 11.0 Å². The fourth-order valence-electron chi connectivity index (χ4n) is 4.96. The minimum Gasteiger partial charge on any atom is -0.486 e. The first kappa shape index (κ1) is 28.1. The molecule has 1 saturated carbocycles. The Hall–Kier alpha value is -3.43. The maximum absolute atomic E-state index is 12.3. The lowest BCUT2D eigenvalue weighted by Gasteiger charge is -2.39. The van der Waals surface area contributed by atoms with Gasteiger partial charge in [0.15, 0.2) is 11.5 Å². The molecule has 0 atom stereocenters. The minimum absolute atomic E-state index is 0.0126. The Morgan fingerprint density at radius 1 is 1.00 bits per heavy atom. The summed E-state index contributed by atoms with van der Waals surface area (Å²) in [6.07, 6.45) is 5.16. The van der Waals surface area contributed by atoms with Gasteiger partial charge in [-0.2, -0.15) is 0 Å². The second kappa shape index (κ2) is 13.2. The number of ether oxygens (including phenoxy) is 4. The Labute approximate surface area is 216 Å². The zero-order valence-electron chi connectivity index (χ0n) is 21.9. The fourth-order valence-corrected chi connectivity index (χ4v) is 4.96. The number of rotatable bonds is 12. The summed E-state index contributed by atoms with van der Waals surface area (Å²) in [6, 6.07) is 6.21. The average molecular weight is 519 g/mol. The molecule has 1 heterocycles. The maximum atomic E-state index is 12.3. The average Bonchev–Trinajstić information content (AvgIpc) is 2.84. The molecule has 204 valence electrons. The number of carbonyl (C=O) groups excluding carboxylic acids is 2. The number of amides is 2. The lowest BCUT2D eigenvalue weighted by atomic mass is 9.68. The quantitative estimate of drug-likeness (QED) is 0.303. The number of hydrogen-bond donors (Lipinski definition) is 2. The molecule has 2 aromatic rings. The molecule has 3 N–H and O–H groups in total. The van der Waals surface area contributed by atoms with E-state index in [1.54, 1.807) is 12.1 Å². The molecule has 3 rings (SSSR count). The fraction of sp³-hybridized carbons (Fsp3) is 0.593. The van der Waals surface area contributed by atoms with E-state index in [0.717, 1.165) is 25.7 Å². The molecule has 0 saturated heterocycles. The molecule has 0 spiro atoms. The summed E-state index contributed by atoms with van der Waals surface area (Å²) in [7, 11) is 0. The van der Waals surface area contributed by atoms with Crippen molar-refractivity contribution < 1.29 is 33.0 Å². The molecule has 1 fully saturated rings. The van der Waals surface area contributed by atoms with Gasteiger partial charge in [0.05, 0.1) is 0 Å². The highest BCUT2D eigenvalue weighted by Gasteiger charge is 2.32. The van der Waals surface area contributed by atoms with E-state index in [-0.39, 0.29) is 38.2 Å². The number of carbonyl (C=O) groups is 2. The summed E-state index contributed by atoms with van der Waals surface area (Å²) in [6.45, 7) is 6.99. The highest BCUT2D eigenvalue weighted by Crippen LogP contribution is 2.41. The molecule has 0 unspecified atom stereocenters.